The van der Waals surface area contributed by atoms with Crippen LogP contribution in [0, 0.1) is 6.92 Å². The summed E-state index contributed by atoms with van der Waals surface area (Å²) in [6.45, 7) is 4.67. The number of nitrogens with zero attached hydrogens (tertiary/aromatic N) is 2. The van der Waals surface area contributed by atoms with Crippen molar-refractivity contribution in [2.45, 2.75) is 26.4 Å². The Balaban J connectivity index is 1.71. The maximum Gasteiger partial charge on any atom is 0.134 e. The van der Waals surface area contributed by atoms with Crippen LogP contribution in [0.15, 0.2) is 45.5 Å². The van der Waals surface area contributed by atoms with E-state index in [1.807, 2.05) is 19.1 Å². The highest BCUT2D eigenvalue weighted by Crippen LogP contribution is 2.26. The summed E-state index contributed by atoms with van der Waals surface area (Å²) in [6.07, 6.45) is 3.57. The molecule has 108 valence electrons. The number of benzene rings is 1. The molecule has 2 heterocycles. The third-order valence-electron chi connectivity index (χ3n) is 3.35. The molecule has 1 atom stereocenters. The Morgan fingerprint density at radius 1 is 1.24 bits per heavy atom. The first-order valence-electron chi connectivity index (χ1n) is 6.82. The summed E-state index contributed by atoms with van der Waals surface area (Å²) in [7, 11) is 0. The Labute approximate surface area is 131 Å². The average molecular weight is 346 g/mol. The van der Waals surface area contributed by atoms with Gasteiger partial charge in [-0.1, -0.05) is 15.9 Å². The van der Waals surface area contributed by atoms with Crippen molar-refractivity contribution in [1.82, 2.24) is 15.3 Å². The van der Waals surface area contributed by atoms with Crippen LogP contribution in [-0.2, 0) is 6.54 Å². The zero-order chi connectivity index (χ0) is 14.8. The molecule has 3 aromatic rings. The summed E-state index contributed by atoms with van der Waals surface area (Å²) < 4.78 is 6.93. The first-order chi connectivity index (χ1) is 10.1. The third-order valence-corrected chi connectivity index (χ3v) is 3.84. The maximum absolute atomic E-state index is 5.87. The van der Waals surface area contributed by atoms with Crippen molar-refractivity contribution in [3.63, 3.8) is 0 Å². The number of aryl methyl sites for hydroxylation is 1. The Bertz CT molecular complexity index is 752. The van der Waals surface area contributed by atoms with Crippen molar-refractivity contribution in [3.05, 3.63) is 58.3 Å². The van der Waals surface area contributed by atoms with Crippen molar-refractivity contribution in [2.24, 2.45) is 0 Å². The molecule has 0 fully saturated rings. The van der Waals surface area contributed by atoms with Gasteiger partial charge in [0.1, 0.15) is 11.3 Å². The van der Waals surface area contributed by atoms with Crippen LogP contribution in [0.5, 0.6) is 0 Å². The normalized spacial score (nSPS) is 12.7. The minimum absolute atomic E-state index is 0.110. The van der Waals surface area contributed by atoms with Crippen LogP contribution in [0.3, 0.4) is 0 Å². The molecule has 1 aromatic carbocycles. The minimum atomic E-state index is 0.110. The molecule has 5 heteroatoms. The van der Waals surface area contributed by atoms with Crippen LogP contribution in [0.1, 0.15) is 30.1 Å². The van der Waals surface area contributed by atoms with Crippen LogP contribution in [0.4, 0.5) is 0 Å². The van der Waals surface area contributed by atoms with E-state index in [-0.39, 0.29) is 6.04 Å². The molecule has 3 rings (SSSR count). The molecule has 0 aliphatic heterocycles. The van der Waals surface area contributed by atoms with Crippen molar-refractivity contribution in [2.75, 3.05) is 0 Å². The van der Waals surface area contributed by atoms with Crippen LogP contribution in [-0.4, -0.2) is 9.97 Å². The minimum Gasteiger partial charge on any atom is -0.459 e. The lowest BCUT2D eigenvalue weighted by Gasteiger charge is -2.10. The van der Waals surface area contributed by atoms with E-state index in [4.69, 9.17) is 4.42 Å². The molecule has 0 amide bonds. The fraction of sp³-hybridized carbons (Fsp3) is 0.250. The molecular formula is C16H16BrN3O. The van der Waals surface area contributed by atoms with Gasteiger partial charge in [-0.15, -0.1) is 0 Å². The lowest BCUT2D eigenvalue weighted by Crippen LogP contribution is -2.18. The molecule has 1 unspecified atom stereocenters. The van der Waals surface area contributed by atoms with Crippen LogP contribution in [0.25, 0.3) is 11.0 Å². The first-order valence-corrected chi connectivity index (χ1v) is 7.61. The number of rotatable bonds is 4. The third kappa shape index (κ3) is 3.31. The SMILES string of the molecule is Cc1cnc(CNC(C)c2cc3cc(Br)ccc3o2)cn1. The lowest BCUT2D eigenvalue weighted by molar-refractivity contribution is 0.448. The van der Waals surface area contributed by atoms with Gasteiger partial charge in [-0.3, -0.25) is 9.97 Å². The molecule has 0 aliphatic carbocycles. The van der Waals surface area contributed by atoms with Crippen molar-refractivity contribution in [3.8, 4) is 0 Å². The number of hydrogen-bond donors (Lipinski definition) is 1. The van der Waals surface area contributed by atoms with E-state index >= 15 is 0 Å². The summed E-state index contributed by atoms with van der Waals surface area (Å²) in [6, 6.07) is 8.19. The summed E-state index contributed by atoms with van der Waals surface area (Å²) >= 11 is 3.47. The topological polar surface area (TPSA) is 51.0 Å². The van der Waals surface area contributed by atoms with Gasteiger partial charge in [-0.25, -0.2) is 0 Å². The van der Waals surface area contributed by atoms with E-state index in [1.54, 1.807) is 12.4 Å². The Morgan fingerprint density at radius 2 is 2.10 bits per heavy atom. The molecule has 0 bridgehead atoms. The second-order valence-electron chi connectivity index (χ2n) is 5.08. The molecule has 4 nitrogen and oxygen atoms in total. The Kier molecular flexibility index (Phi) is 4.03. The second-order valence-corrected chi connectivity index (χ2v) is 6.00. The number of fused-ring (bicyclic) bond motifs is 1. The van der Waals surface area contributed by atoms with Gasteiger partial charge in [-0.05, 0) is 38.1 Å². The molecule has 0 saturated carbocycles. The second kappa shape index (κ2) is 5.95. The van der Waals surface area contributed by atoms with Crippen molar-refractivity contribution >= 4 is 26.9 Å². The standard InChI is InChI=1S/C16H16BrN3O/c1-10-7-20-14(8-18-10)9-19-11(2)16-6-12-5-13(17)3-4-15(12)21-16/h3-8,11,19H,9H2,1-2H3. The van der Waals surface area contributed by atoms with E-state index in [0.29, 0.717) is 6.54 Å². The van der Waals surface area contributed by atoms with Crippen LogP contribution < -0.4 is 5.32 Å². The summed E-state index contributed by atoms with van der Waals surface area (Å²) in [5, 5.41) is 4.50. The summed E-state index contributed by atoms with van der Waals surface area (Å²) in [4.78, 5) is 8.58. The van der Waals surface area contributed by atoms with E-state index < -0.39 is 0 Å². The molecule has 1 N–H and O–H groups in total. The average Bonchev–Trinajstić information content (AvgIpc) is 2.89. The number of nitrogens with one attached hydrogen (secondary N) is 1. The van der Waals surface area contributed by atoms with Gasteiger partial charge in [0, 0.05) is 28.8 Å². The monoisotopic (exact) mass is 345 g/mol. The van der Waals surface area contributed by atoms with E-state index in [0.717, 1.165) is 32.6 Å². The summed E-state index contributed by atoms with van der Waals surface area (Å²) in [5.74, 6) is 0.920. The van der Waals surface area contributed by atoms with Crippen LogP contribution in [0.2, 0.25) is 0 Å². The molecule has 21 heavy (non-hydrogen) atoms. The van der Waals surface area contributed by atoms with Gasteiger partial charge in [0.2, 0.25) is 0 Å². The molecule has 2 aromatic heterocycles. The zero-order valence-corrected chi connectivity index (χ0v) is 13.5. The van der Waals surface area contributed by atoms with E-state index in [1.165, 1.54) is 0 Å². The van der Waals surface area contributed by atoms with E-state index in [9.17, 15) is 0 Å². The maximum atomic E-state index is 5.87. The predicted molar refractivity (Wildman–Crippen MR) is 85.9 cm³/mol. The molecule has 0 spiro atoms. The predicted octanol–water partition coefficient (Wildman–Crippen LogP) is 4.14. The van der Waals surface area contributed by atoms with Gasteiger partial charge in [-0.2, -0.15) is 0 Å². The highest BCUT2D eigenvalue weighted by Gasteiger charge is 2.11. The highest BCUT2D eigenvalue weighted by molar-refractivity contribution is 9.10. The highest BCUT2D eigenvalue weighted by atomic mass is 79.9. The van der Waals surface area contributed by atoms with Gasteiger partial charge < -0.3 is 9.73 Å². The van der Waals surface area contributed by atoms with E-state index in [2.05, 4.69) is 50.3 Å². The number of aromatic nitrogens is 2. The molecule has 0 aliphatic rings. The van der Waals surface area contributed by atoms with Gasteiger partial charge in [0.25, 0.3) is 0 Å². The van der Waals surface area contributed by atoms with Gasteiger partial charge in [0.05, 0.1) is 17.4 Å². The lowest BCUT2D eigenvalue weighted by atomic mass is 10.2. The number of halogens is 1. The fourth-order valence-electron chi connectivity index (χ4n) is 2.12. The van der Waals surface area contributed by atoms with Crippen molar-refractivity contribution in [1.29, 1.82) is 0 Å². The van der Waals surface area contributed by atoms with Crippen LogP contribution >= 0.6 is 15.9 Å². The zero-order valence-electron chi connectivity index (χ0n) is 11.9. The smallest absolute Gasteiger partial charge is 0.134 e. The Hall–Kier alpha value is -1.72. The molecule has 0 saturated heterocycles. The number of furan rings is 1. The quantitative estimate of drug-likeness (QED) is 0.771. The first kappa shape index (κ1) is 14.2. The van der Waals surface area contributed by atoms with Gasteiger partial charge >= 0.3 is 0 Å². The number of hydrogen-bond acceptors (Lipinski definition) is 4. The van der Waals surface area contributed by atoms with Gasteiger partial charge in [0.15, 0.2) is 0 Å². The Morgan fingerprint density at radius 3 is 2.86 bits per heavy atom. The van der Waals surface area contributed by atoms with Crippen molar-refractivity contribution < 1.29 is 4.42 Å². The largest absolute Gasteiger partial charge is 0.459 e. The summed E-state index contributed by atoms with van der Waals surface area (Å²) in [5.41, 5.74) is 2.75. The molecular weight excluding hydrogens is 330 g/mol. The molecule has 0 radical (unpaired) electrons. The fourth-order valence-corrected chi connectivity index (χ4v) is 2.50.